The number of aliphatic hydroxyl groups is 1. The van der Waals surface area contributed by atoms with Crippen molar-refractivity contribution in [2.45, 2.75) is 57.8 Å². The van der Waals surface area contributed by atoms with Crippen LogP contribution in [0.5, 0.6) is 0 Å². The minimum absolute atomic E-state index is 0.0314. The minimum atomic E-state index is -0.476. The van der Waals surface area contributed by atoms with Gasteiger partial charge in [-0.1, -0.05) is 25.2 Å². The molecule has 1 heterocycles. The minimum Gasteiger partial charge on any atom is -0.380 e. The SMILES string of the molecule is CCCC(O)C#CCCOC1CCCCO1. The molecule has 3 nitrogen and oxygen atoms in total. The highest BCUT2D eigenvalue weighted by Gasteiger charge is 2.12. The Labute approximate surface area is 98.1 Å². The molecule has 1 aliphatic heterocycles. The molecule has 1 N–H and O–H groups in total. The van der Waals surface area contributed by atoms with Crippen LogP contribution in [0.25, 0.3) is 0 Å². The molecule has 0 bridgehead atoms. The Morgan fingerprint density at radius 2 is 2.38 bits per heavy atom. The van der Waals surface area contributed by atoms with E-state index in [1.807, 2.05) is 6.92 Å². The van der Waals surface area contributed by atoms with E-state index in [0.29, 0.717) is 13.0 Å². The van der Waals surface area contributed by atoms with Crippen molar-refractivity contribution in [2.24, 2.45) is 0 Å². The summed E-state index contributed by atoms with van der Waals surface area (Å²) in [6, 6.07) is 0. The van der Waals surface area contributed by atoms with Gasteiger partial charge in [0.25, 0.3) is 0 Å². The Morgan fingerprint density at radius 1 is 1.50 bits per heavy atom. The van der Waals surface area contributed by atoms with E-state index in [2.05, 4.69) is 11.8 Å². The fourth-order valence-electron chi connectivity index (χ4n) is 1.62. The van der Waals surface area contributed by atoms with Crippen molar-refractivity contribution >= 4 is 0 Å². The Hall–Kier alpha value is -0.560. The maximum Gasteiger partial charge on any atom is 0.157 e. The zero-order valence-corrected chi connectivity index (χ0v) is 10.1. The summed E-state index contributed by atoms with van der Waals surface area (Å²) in [5, 5.41) is 9.36. The highest BCUT2D eigenvalue weighted by molar-refractivity contribution is 5.04. The van der Waals surface area contributed by atoms with Crippen molar-refractivity contribution in [1.29, 1.82) is 0 Å². The van der Waals surface area contributed by atoms with Crippen molar-refractivity contribution < 1.29 is 14.6 Å². The Bertz CT molecular complexity index is 223. The fourth-order valence-corrected chi connectivity index (χ4v) is 1.62. The number of rotatable bonds is 5. The zero-order chi connectivity index (χ0) is 11.6. The van der Waals surface area contributed by atoms with Crippen LogP contribution in [0.3, 0.4) is 0 Å². The van der Waals surface area contributed by atoms with Crippen LogP contribution in [-0.4, -0.2) is 30.7 Å². The van der Waals surface area contributed by atoms with Crippen molar-refractivity contribution in [3.8, 4) is 11.8 Å². The van der Waals surface area contributed by atoms with Crippen LogP contribution in [0.2, 0.25) is 0 Å². The first-order valence-electron chi connectivity index (χ1n) is 6.22. The van der Waals surface area contributed by atoms with Crippen LogP contribution >= 0.6 is 0 Å². The molecular formula is C13H22O3. The average molecular weight is 226 g/mol. The van der Waals surface area contributed by atoms with Crippen LogP contribution in [0.4, 0.5) is 0 Å². The monoisotopic (exact) mass is 226 g/mol. The van der Waals surface area contributed by atoms with Crippen molar-refractivity contribution in [3.63, 3.8) is 0 Å². The summed E-state index contributed by atoms with van der Waals surface area (Å²) in [5.41, 5.74) is 0. The molecule has 3 heteroatoms. The first kappa shape index (κ1) is 13.5. The van der Waals surface area contributed by atoms with Gasteiger partial charge in [-0.25, -0.2) is 0 Å². The van der Waals surface area contributed by atoms with E-state index < -0.39 is 6.10 Å². The summed E-state index contributed by atoms with van der Waals surface area (Å²) in [6.07, 6.45) is 5.19. The summed E-state index contributed by atoms with van der Waals surface area (Å²) in [6.45, 7) is 3.44. The van der Waals surface area contributed by atoms with E-state index in [4.69, 9.17) is 9.47 Å². The van der Waals surface area contributed by atoms with Gasteiger partial charge in [0.1, 0.15) is 6.10 Å². The van der Waals surface area contributed by atoms with Gasteiger partial charge in [-0.05, 0) is 25.7 Å². The van der Waals surface area contributed by atoms with Crippen LogP contribution in [-0.2, 0) is 9.47 Å². The van der Waals surface area contributed by atoms with Gasteiger partial charge in [0.15, 0.2) is 6.29 Å². The van der Waals surface area contributed by atoms with E-state index in [1.165, 1.54) is 6.42 Å². The second kappa shape index (κ2) is 8.58. The topological polar surface area (TPSA) is 38.7 Å². The number of aliphatic hydroxyl groups excluding tert-OH is 1. The molecule has 0 aliphatic carbocycles. The second-order valence-corrected chi connectivity index (χ2v) is 4.04. The first-order chi connectivity index (χ1) is 7.83. The maximum absolute atomic E-state index is 9.36. The second-order valence-electron chi connectivity index (χ2n) is 4.04. The van der Waals surface area contributed by atoms with Crippen LogP contribution in [0.15, 0.2) is 0 Å². The molecule has 1 saturated heterocycles. The van der Waals surface area contributed by atoms with Gasteiger partial charge < -0.3 is 14.6 Å². The maximum atomic E-state index is 9.36. The quantitative estimate of drug-likeness (QED) is 0.576. The normalized spacial score (nSPS) is 22.2. The molecular weight excluding hydrogens is 204 g/mol. The molecule has 0 aromatic rings. The Balaban J connectivity index is 2.01. The van der Waals surface area contributed by atoms with Gasteiger partial charge in [-0.3, -0.25) is 0 Å². The van der Waals surface area contributed by atoms with Gasteiger partial charge in [-0.2, -0.15) is 0 Å². The first-order valence-corrected chi connectivity index (χ1v) is 6.22. The Morgan fingerprint density at radius 3 is 3.06 bits per heavy atom. The van der Waals surface area contributed by atoms with Gasteiger partial charge in [0.2, 0.25) is 0 Å². The molecule has 0 radical (unpaired) electrons. The number of ether oxygens (including phenoxy) is 2. The molecule has 16 heavy (non-hydrogen) atoms. The van der Waals surface area contributed by atoms with E-state index in [-0.39, 0.29) is 6.29 Å². The summed E-state index contributed by atoms with van der Waals surface area (Å²) < 4.78 is 10.9. The molecule has 0 amide bonds. The van der Waals surface area contributed by atoms with E-state index >= 15 is 0 Å². The van der Waals surface area contributed by atoms with Crippen molar-refractivity contribution in [1.82, 2.24) is 0 Å². The number of hydrogen-bond donors (Lipinski definition) is 1. The molecule has 2 unspecified atom stereocenters. The molecule has 1 aliphatic rings. The molecule has 2 atom stereocenters. The van der Waals surface area contributed by atoms with Gasteiger partial charge in [0, 0.05) is 13.0 Å². The largest absolute Gasteiger partial charge is 0.380 e. The molecule has 1 rings (SSSR count). The van der Waals surface area contributed by atoms with E-state index in [1.54, 1.807) is 0 Å². The van der Waals surface area contributed by atoms with Crippen molar-refractivity contribution in [3.05, 3.63) is 0 Å². The predicted molar refractivity (Wildman–Crippen MR) is 62.9 cm³/mol. The van der Waals surface area contributed by atoms with Crippen LogP contribution < -0.4 is 0 Å². The lowest BCUT2D eigenvalue weighted by molar-refractivity contribution is -0.161. The predicted octanol–water partition coefficient (Wildman–Crippen LogP) is 2.08. The van der Waals surface area contributed by atoms with Gasteiger partial charge >= 0.3 is 0 Å². The highest BCUT2D eigenvalue weighted by atomic mass is 16.7. The summed E-state index contributed by atoms with van der Waals surface area (Å²) in [7, 11) is 0. The summed E-state index contributed by atoms with van der Waals surface area (Å²) >= 11 is 0. The van der Waals surface area contributed by atoms with Crippen LogP contribution in [0.1, 0.15) is 45.4 Å². The highest BCUT2D eigenvalue weighted by Crippen LogP contribution is 2.13. The lowest BCUT2D eigenvalue weighted by atomic mass is 10.2. The van der Waals surface area contributed by atoms with Crippen molar-refractivity contribution in [2.75, 3.05) is 13.2 Å². The van der Waals surface area contributed by atoms with E-state index in [9.17, 15) is 5.11 Å². The summed E-state index contributed by atoms with van der Waals surface area (Å²) in [4.78, 5) is 0. The molecule has 92 valence electrons. The standard InChI is InChI=1S/C13H22O3/c1-2-7-12(14)8-3-5-10-15-13-9-4-6-11-16-13/h12-14H,2,4-7,9-11H2,1H3. The number of hydrogen-bond acceptors (Lipinski definition) is 3. The third kappa shape index (κ3) is 6.12. The zero-order valence-electron chi connectivity index (χ0n) is 10.1. The Kier molecular flexibility index (Phi) is 7.24. The third-order valence-corrected chi connectivity index (χ3v) is 2.50. The molecule has 0 aromatic carbocycles. The molecule has 0 aromatic heterocycles. The summed E-state index contributed by atoms with van der Waals surface area (Å²) in [5.74, 6) is 5.73. The molecule has 0 saturated carbocycles. The van der Waals surface area contributed by atoms with E-state index in [0.717, 1.165) is 32.3 Å². The lowest BCUT2D eigenvalue weighted by Gasteiger charge is -2.22. The molecule has 0 spiro atoms. The lowest BCUT2D eigenvalue weighted by Crippen LogP contribution is -2.22. The molecule has 1 fully saturated rings. The van der Waals surface area contributed by atoms with Crippen LogP contribution in [0, 0.1) is 11.8 Å². The smallest absolute Gasteiger partial charge is 0.157 e. The average Bonchev–Trinajstić information content (AvgIpc) is 2.30. The fraction of sp³-hybridized carbons (Fsp3) is 0.846. The van der Waals surface area contributed by atoms with Gasteiger partial charge in [0.05, 0.1) is 6.61 Å². The van der Waals surface area contributed by atoms with Gasteiger partial charge in [-0.15, -0.1) is 0 Å². The third-order valence-electron chi connectivity index (χ3n) is 2.50.